The summed E-state index contributed by atoms with van der Waals surface area (Å²) in [5, 5.41) is 16.6. The van der Waals surface area contributed by atoms with Crippen LogP contribution in [0, 0.1) is 6.92 Å². The molecule has 2 fully saturated rings. The van der Waals surface area contributed by atoms with Crippen molar-refractivity contribution in [1.29, 1.82) is 0 Å². The zero-order chi connectivity index (χ0) is 28.3. The monoisotopic (exact) mass is 568 g/mol. The molecule has 0 bridgehead atoms. The lowest BCUT2D eigenvalue weighted by atomic mass is 10.1. The first-order valence-corrected chi connectivity index (χ1v) is 14.8. The number of fused-ring (bicyclic) bond motifs is 1. The van der Waals surface area contributed by atoms with Gasteiger partial charge in [-0.2, -0.15) is 5.10 Å². The van der Waals surface area contributed by atoms with Gasteiger partial charge in [0, 0.05) is 42.8 Å². The van der Waals surface area contributed by atoms with E-state index in [9.17, 15) is 14.4 Å². The van der Waals surface area contributed by atoms with Gasteiger partial charge in [0.2, 0.25) is 5.91 Å². The molecule has 2 aromatic carbocycles. The minimum Gasteiger partial charge on any atom is -0.338 e. The second-order valence-corrected chi connectivity index (χ2v) is 11.4. The van der Waals surface area contributed by atoms with Gasteiger partial charge in [-0.1, -0.05) is 30.3 Å². The van der Waals surface area contributed by atoms with Crippen LogP contribution in [0.25, 0.3) is 23.1 Å². The van der Waals surface area contributed by atoms with Crippen LogP contribution in [-0.4, -0.2) is 76.5 Å². The van der Waals surface area contributed by atoms with Gasteiger partial charge in [-0.15, -0.1) is 11.3 Å². The highest BCUT2D eigenvalue weighted by molar-refractivity contribution is 7.12. The van der Waals surface area contributed by atoms with E-state index in [0.29, 0.717) is 42.3 Å². The molecule has 2 aliphatic heterocycles. The van der Waals surface area contributed by atoms with Crippen LogP contribution in [0.3, 0.4) is 0 Å². The van der Waals surface area contributed by atoms with Crippen molar-refractivity contribution in [2.75, 3.05) is 38.0 Å². The molecule has 2 aliphatic rings. The van der Waals surface area contributed by atoms with Crippen molar-refractivity contribution < 1.29 is 14.4 Å². The van der Waals surface area contributed by atoms with Crippen molar-refractivity contribution in [3.05, 3.63) is 81.2 Å². The van der Waals surface area contributed by atoms with E-state index in [-0.39, 0.29) is 23.8 Å². The molecule has 2 aromatic heterocycles. The summed E-state index contributed by atoms with van der Waals surface area (Å²) >= 11 is 1.38. The highest BCUT2D eigenvalue weighted by Gasteiger charge is 2.30. The van der Waals surface area contributed by atoms with Crippen LogP contribution >= 0.6 is 11.3 Å². The van der Waals surface area contributed by atoms with Crippen LogP contribution in [0.5, 0.6) is 0 Å². The third-order valence-corrected chi connectivity index (χ3v) is 8.79. The SMILES string of the molecule is Cc1ccsc1C(=O)Nc1cc(C(=O)N2CCN(C(=O)C3CCCN3)CC2)ccc1C=Cc1n[nH]c2ccccc12. The van der Waals surface area contributed by atoms with Gasteiger partial charge in [0.15, 0.2) is 0 Å². The largest absolute Gasteiger partial charge is 0.338 e. The Hall–Kier alpha value is -4.28. The molecule has 0 radical (unpaired) electrons. The standard InChI is InChI=1S/C31H32N6O3S/c1-20-12-18-41-28(20)29(38)33-27-19-22(9-8-21(27)10-11-25-23-5-2-3-6-24(23)34-35-25)30(39)36-14-16-37(17-15-36)31(40)26-7-4-13-32-26/h2-3,5-6,8-12,18-19,26,32H,4,7,13-17H2,1H3,(H,33,38)(H,34,35). The Morgan fingerprint density at radius 2 is 1.83 bits per heavy atom. The Morgan fingerprint density at radius 1 is 1.02 bits per heavy atom. The predicted molar refractivity (Wildman–Crippen MR) is 162 cm³/mol. The summed E-state index contributed by atoms with van der Waals surface area (Å²) in [5.41, 5.74) is 4.42. The molecule has 6 rings (SSSR count). The van der Waals surface area contributed by atoms with Crippen LogP contribution in [0.4, 0.5) is 5.69 Å². The zero-order valence-corrected chi connectivity index (χ0v) is 23.7. The molecular weight excluding hydrogens is 536 g/mol. The maximum Gasteiger partial charge on any atom is 0.266 e. The number of hydrogen-bond donors (Lipinski definition) is 3. The highest BCUT2D eigenvalue weighted by atomic mass is 32.1. The molecule has 1 unspecified atom stereocenters. The third kappa shape index (κ3) is 5.66. The maximum atomic E-state index is 13.5. The van der Waals surface area contributed by atoms with Gasteiger partial charge in [0.05, 0.1) is 22.1 Å². The molecule has 2 saturated heterocycles. The normalized spacial score (nSPS) is 17.4. The number of aromatic nitrogens is 2. The average Bonchev–Trinajstić information content (AvgIpc) is 3.77. The molecule has 0 spiro atoms. The van der Waals surface area contributed by atoms with Crippen LogP contribution < -0.4 is 10.6 Å². The smallest absolute Gasteiger partial charge is 0.266 e. The Balaban J connectivity index is 1.23. The van der Waals surface area contributed by atoms with Gasteiger partial charge in [-0.05, 0) is 73.2 Å². The number of hydrogen-bond acceptors (Lipinski definition) is 6. The van der Waals surface area contributed by atoms with Gasteiger partial charge in [-0.25, -0.2) is 0 Å². The predicted octanol–water partition coefficient (Wildman–Crippen LogP) is 4.39. The van der Waals surface area contributed by atoms with E-state index in [1.165, 1.54) is 11.3 Å². The maximum absolute atomic E-state index is 13.5. The Bertz CT molecular complexity index is 1630. The second kappa shape index (κ2) is 11.7. The third-order valence-electron chi connectivity index (χ3n) is 7.77. The van der Waals surface area contributed by atoms with Gasteiger partial charge < -0.3 is 20.4 Å². The molecule has 41 heavy (non-hydrogen) atoms. The number of benzene rings is 2. The van der Waals surface area contributed by atoms with Crippen LogP contribution in [-0.2, 0) is 4.79 Å². The fourth-order valence-corrected chi connectivity index (χ4v) is 6.26. The summed E-state index contributed by atoms with van der Waals surface area (Å²) in [6, 6.07) is 15.1. The number of amides is 3. The second-order valence-electron chi connectivity index (χ2n) is 10.4. The molecule has 210 valence electrons. The minimum atomic E-state index is -0.213. The fraction of sp³-hybridized carbons (Fsp3) is 0.290. The number of carbonyl (C=O) groups excluding carboxylic acids is 3. The summed E-state index contributed by atoms with van der Waals surface area (Å²) < 4.78 is 0. The van der Waals surface area contributed by atoms with E-state index in [0.717, 1.165) is 47.1 Å². The molecule has 3 amide bonds. The van der Waals surface area contributed by atoms with Crippen molar-refractivity contribution >= 4 is 57.8 Å². The van der Waals surface area contributed by atoms with E-state index in [1.807, 2.05) is 65.8 Å². The zero-order valence-electron chi connectivity index (χ0n) is 22.9. The first-order valence-electron chi connectivity index (χ1n) is 13.9. The number of nitrogens with one attached hydrogen (secondary N) is 3. The molecule has 10 heteroatoms. The number of nitrogens with zero attached hydrogens (tertiary/aromatic N) is 3. The number of anilines is 1. The van der Waals surface area contributed by atoms with Gasteiger partial charge in [0.1, 0.15) is 0 Å². The van der Waals surface area contributed by atoms with E-state index >= 15 is 0 Å². The molecular formula is C31H32N6O3S. The van der Waals surface area contributed by atoms with E-state index < -0.39 is 0 Å². The number of rotatable bonds is 6. The van der Waals surface area contributed by atoms with E-state index in [4.69, 9.17) is 0 Å². The van der Waals surface area contributed by atoms with Crippen molar-refractivity contribution in [2.45, 2.75) is 25.8 Å². The number of carbonyl (C=O) groups is 3. The van der Waals surface area contributed by atoms with Crippen molar-refractivity contribution in [1.82, 2.24) is 25.3 Å². The van der Waals surface area contributed by atoms with Crippen molar-refractivity contribution in [2.24, 2.45) is 0 Å². The number of thiophene rings is 1. The minimum absolute atomic E-state index is 0.101. The van der Waals surface area contributed by atoms with Crippen LogP contribution in [0.1, 0.15) is 49.7 Å². The highest BCUT2D eigenvalue weighted by Crippen LogP contribution is 2.26. The Kier molecular flexibility index (Phi) is 7.67. The van der Waals surface area contributed by atoms with E-state index in [1.54, 1.807) is 17.0 Å². The average molecular weight is 569 g/mol. The lowest BCUT2D eigenvalue weighted by Crippen LogP contribution is -2.54. The number of para-hydroxylation sites is 1. The number of piperazine rings is 1. The summed E-state index contributed by atoms with van der Waals surface area (Å²) in [6.45, 7) is 4.76. The lowest BCUT2D eigenvalue weighted by Gasteiger charge is -2.36. The van der Waals surface area contributed by atoms with E-state index in [2.05, 4.69) is 20.8 Å². The molecule has 9 nitrogen and oxygen atoms in total. The van der Waals surface area contributed by atoms with Gasteiger partial charge in [-0.3, -0.25) is 19.5 Å². The summed E-state index contributed by atoms with van der Waals surface area (Å²) in [4.78, 5) is 43.7. The molecule has 3 N–H and O–H groups in total. The molecule has 4 aromatic rings. The Labute approximate surface area is 242 Å². The Morgan fingerprint density at radius 3 is 2.59 bits per heavy atom. The van der Waals surface area contributed by atoms with Crippen LogP contribution in [0.2, 0.25) is 0 Å². The molecule has 1 atom stereocenters. The number of aryl methyl sites for hydroxylation is 1. The van der Waals surface area contributed by atoms with Gasteiger partial charge in [0.25, 0.3) is 11.8 Å². The molecule has 0 saturated carbocycles. The molecule has 0 aliphatic carbocycles. The van der Waals surface area contributed by atoms with Crippen molar-refractivity contribution in [3.63, 3.8) is 0 Å². The summed E-state index contributed by atoms with van der Waals surface area (Å²) in [7, 11) is 0. The van der Waals surface area contributed by atoms with Gasteiger partial charge >= 0.3 is 0 Å². The summed E-state index contributed by atoms with van der Waals surface area (Å²) in [5.74, 6) is -0.202. The number of aromatic amines is 1. The van der Waals surface area contributed by atoms with Crippen LogP contribution in [0.15, 0.2) is 53.9 Å². The first-order chi connectivity index (χ1) is 20.0. The fourth-order valence-electron chi connectivity index (χ4n) is 5.44. The first kappa shape index (κ1) is 26.9. The number of H-pyrrole nitrogens is 1. The lowest BCUT2D eigenvalue weighted by molar-refractivity contribution is -0.134. The molecule has 4 heterocycles. The topological polar surface area (TPSA) is 110 Å². The van der Waals surface area contributed by atoms with Crippen molar-refractivity contribution in [3.8, 4) is 0 Å². The summed E-state index contributed by atoms with van der Waals surface area (Å²) in [6.07, 6.45) is 5.68. The quantitative estimate of drug-likeness (QED) is 0.320.